The van der Waals surface area contributed by atoms with Gasteiger partial charge in [-0.1, -0.05) is 26.0 Å². The van der Waals surface area contributed by atoms with Crippen molar-refractivity contribution in [2.45, 2.75) is 26.3 Å². The van der Waals surface area contributed by atoms with Crippen LogP contribution in [0.1, 0.15) is 29.8 Å². The van der Waals surface area contributed by atoms with E-state index in [9.17, 15) is 19.8 Å². The first kappa shape index (κ1) is 19.3. The maximum absolute atomic E-state index is 12.3. The van der Waals surface area contributed by atoms with Crippen molar-refractivity contribution in [3.05, 3.63) is 59.7 Å². The lowest BCUT2D eigenvalue weighted by Gasteiger charge is -2.20. The Kier molecular flexibility index (Phi) is 6.60. The van der Waals surface area contributed by atoms with E-state index in [1.54, 1.807) is 36.4 Å². The molecular weight excluding hydrogens is 334 g/mol. The average Bonchev–Trinajstić information content (AvgIpc) is 2.61. The standard InChI is InChI=1S/C20H23NO5/c1-13(2)12-26-17-9-5-15(6-10-17)19(23)21-18(20(24)25)11-14-3-7-16(22)8-4-14/h3-10,13,18,22H,11-12H2,1-2H3,(H,21,23)(H,24,25)/p-1/t18-/m0/s1. The van der Waals surface area contributed by atoms with Gasteiger partial charge in [-0.15, -0.1) is 0 Å². The molecule has 0 aliphatic rings. The van der Waals surface area contributed by atoms with Gasteiger partial charge in [0.1, 0.15) is 11.5 Å². The molecule has 0 heterocycles. The Morgan fingerprint density at radius 2 is 1.69 bits per heavy atom. The Bertz CT molecular complexity index is 738. The molecule has 2 N–H and O–H groups in total. The van der Waals surface area contributed by atoms with Crippen LogP contribution in [0.4, 0.5) is 0 Å². The molecule has 0 saturated carbocycles. The first-order valence-corrected chi connectivity index (χ1v) is 8.37. The summed E-state index contributed by atoms with van der Waals surface area (Å²) in [6.07, 6.45) is 0.0595. The minimum atomic E-state index is -1.37. The molecule has 138 valence electrons. The highest BCUT2D eigenvalue weighted by Crippen LogP contribution is 2.14. The molecule has 0 unspecified atom stereocenters. The topological polar surface area (TPSA) is 98.7 Å². The number of carbonyl (C=O) groups is 2. The predicted molar refractivity (Wildman–Crippen MR) is 94.8 cm³/mol. The first-order chi connectivity index (χ1) is 12.3. The van der Waals surface area contributed by atoms with Crippen molar-refractivity contribution in [2.75, 3.05) is 6.61 Å². The van der Waals surface area contributed by atoms with Crippen LogP contribution in [-0.4, -0.2) is 29.6 Å². The summed E-state index contributed by atoms with van der Waals surface area (Å²) in [5.74, 6) is -0.753. The quantitative estimate of drug-likeness (QED) is 0.747. The maximum Gasteiger partial charge on any atom is 0.251 e. The summed E-state index contributed by atoms with van der Waals surface area (Å²) in [5.41, 5.74) is 0.994. The molecule has 0 aromatic heterocycles. The highest BCUT2D eigenvalue weighted by atomic mass is 16.5. The van der Waals surface area contributed by atoms with E-state index in [2.05, 4.69) is 5.32 Å². The summed E-state index contributed by atoms with van der Waals surface area (Å²) in [6, 6.07) is 11.4. The number of rotatable bonds is 8. The van der Waals surface area contributed by atoms with E-state index in [1.165, 1.54) is 12.1 Å². The van der Waals surface area contributed by atoms with Crippen LogP contribution in [0.25, 0.3) is 0 Å². The van der Waals surface area contributed by atoms with Gasteiger partial charge in [-0.05, 0) is 54.3 Å². The van der Waals surface area contributed by atoms with E-state index >= 15 is 0 Å². The zero-order valence-electron chi connectivity index (χ0n) is 14.8. The monoisotopic (exact) mass is 356 g/mol. The molecule has 0 bridgehead atoms. The van der Waals surface area contributed by atoms with Gasteiger partial charge in [0.15, 0.2) is 0 Å². The van der Waals surface area contributed by atoms with Crippen molar-refractivity contribution in [3.63, 3.8) is 0 Å². The van der Waals surface area contributed by atoms with Crippen molar-refractivity contribution in [2.24, 2.45) is 5.92 Å². The maximum atomic E-state index is 12.3. The molecule has 0 radical (unpaired) electrons. The second-order valence-corrected chi connectivity index (χ2v) is 6.44. The van der Waals surface area contributed by atoms with Crippen LogP contribution >= 0.6 is 0 Å². The average molecular weight is 356 g/mol. The van der Waals surface area contributed by atoms with Crippen LogP contribution in [-0.2, 0) is 11.2 Å². The zero-order chi connectivity index (χ0) is 19.1. The number of aromatic hydroxyl groups is 1. The molecule has 1 atom stereocenters. The van der Waals surface area contributed by atoms with Gasteiger partial charge in [-0.25, -0.2) is 0 Å². The molecule has 0 fully saturated rings. The van der Waals surface area contributed by atoms with E-state index in [4.69, 9.17) is 4.74 Å². The Hall–Kier alpha value is -3.02. The minimum Gasteiger partial charge on any atom is -0.548 e. The lowest BCUT2D eigenvalue weighted by Crippen LogP contribution is -2.49. The van der Waals surface area contributed by atoms with Gasteiger partial charge in [-0.3, -0.25) is 4.79 Å². The third kappa shape index (κ3) is 5.81. The van der Waals surface area contributed by atoms with Crippen LogP contribution < -0.4 is 15.2 Å². The highest BCUT2D eigenvalue weighted by Gasteiger charge is 2.16. The van der Waals surface area contributed by atoms with Crippen LogP contribution in [0.3, 0.4) is 0 Å². The van der Waals surface area contributed by atoms with Crippen molar-refractivity contribution >= 4 is 11.9 Å². The molecular formula is C20H22NO5-. The molecule has 2 rings (SSSR count). The molecule has 2 aromatic rings. The van der Waals surface area contributed by atoms with Gasteiger partial charge in [-0.2, -0.15) is 0 Å². The second kappa shape index (κ2) is 8.89. The fourth-order valence-electron chi connectivity index (χ4n) is 2.27. The van der Waals surface area contributed by atoms with Crippen LogP contribution in [0, 0.1) is 5.92 Å². The molecule has 26 heavy (non-hydrogen) atoms. The molecule has 0 aliphatic carbocycles. The van der Waals surface area contributed by atoms with Gasteiger partial charge in [0.05, 0.1) is 18.6 Å². The molecule has 1 amide bonds. The van der Waals surface area contributed by atoms with Gasteiger partial charge in [0.2, 0.25) is 0 Å². The fraction of sp³-hybridized carbons (Fsp3) is 0.300. The number of hydrogen-bond acceptors (Lipinski definition) is 5. The number of benzene rings is 2. The van der Waals surface area contributed by atoms with Gasteiger partial charge >= 0.3 is 0 Å². The van der Waals surface area contributed by atoms with Gasteiger partial charge in [0.25, 0.3) is 5.91 Å². The van der Waals surface area contributed by atoms with E-state index in [-0.39, 0.29) is 12.2 Å². The summed E-state index contributed by atoms with van der Waals surface area (Å²) in [6.45, 7) is 4.65. The number of hydrogen-bond donors (Lipinski definition) is 2. The lowest BCUT2D eigenvalue weighted by atomic mass is 10.1. The largest absolute Gasteiger partial charge is 0.548 e. The van der Waals surface area contributed by atoms with Crippen LogP contribution in [0.15, 0.2) is 48.5 Å². The number of amides is 1. The molecule has 6 nitrogen and oxygen atoms in total. The molecule has 0 saturated heterocycles. The summed E-state index contributed by atoms with van der Waals surface area (Å²) in [7, 11) is 0. The molecule has 0 spiro atoms. The fourth-order valence-corrected chi connectivity index (χ4v) is 2.27. The Morgan fingerprint density at radius 1 is 1.08 bits per heavy atom. The highest BCUT2D eigenvalue weighted by molar-refractivity contribution is 5.96. The number of carboxylic acid groups (broad SMARTS) is 1. The normalized spacial score (nSPS) is 11.8. The van der Waals surface area contributed by atoms with E-state index < -0.39 is 17.9 Å². The van der Waals surface area contributed by atoms with Crippen LogP contribution in [0.2, 0.25) is 0 Å². The summed E-state index contributed by atoms with van der Waals surface area (Å²) in [4.78, 5) is 23.6. The minimum absolute atomic E-state index is 0.0595. The predicted octanol–water partition coefficient (Wildman–Crippen LogP) is 1.52. The summed E-state index contributed by atoms with van der Waals surface area (Å²) in [5, 5.41) is 23.1. The summed E-state index contributed by atoms with van der Waals surface area (Å²) < 4.78 is 5.55. The molecule has 6 heteroatoms. The number of phenols is 1. The number of ether oxygens (including phenoxy) is 1. The van der Waals surface area contributed by atoms with Crippen molar-refractivity contribution < 1.29 is 24.5 Å². The van der Waals surface area contributed by atoms with E-state index in [1.807, 2.05) is 13.8 Å². The number of nitrogens with one attached hydrogen (secondary N) is 1. The number of carbonyl (C=O) groups excluding carboxylic acids is 2. The van der Waals surface area contributed by atoms with Gasteiger partial charge < -0.3 is 25.1 Å². The molecule has 2 aromatic carbocycles. The second-order valence-electron chi connectivity index (χ2n) is 6.44. The smallest absolute Gasteiger partial charge is 0.251 e. The summed E-state index contributed by atoms with van der Waals surface area (Å²) >= 11 is 0. The van der Waals surface area contributed by atoms with Crippen LogP contribution in [0.5, 0.6) is 11.5 Å². The van der Waals surface area contributed by atoms with Crippen molar-refractivity contribution in [1.29, 1.82) is 0 Å². The van der Waals surface area contributed by atoms with Crippen molar-refractivity contribution in [1.82, 2.24) is 5.32 Å². The Morgan fingerprint density at radius 3 is 2.23 bits per heavy atom. The van der Waals surface area contributed by atoms with E-state index in [0.29, 0.717) is 29.4 Å². The van der Waals surface area contributed by atoms with Gasteiger partial charge in [0, 0.05) is 5.56 Å². The number of aliphatic carboxylic acids is 1. The third-order valence-electron chi connectivity index (χ3n) is 3.67. The van der Waals surface area contributed by atoms with Crippen molar-refractivity contribution in [3.8, 4) is 11.5 Å². The lowest BCUT2D eigenvalue weighted by molar-refractivity contribution is -0.308. The molecule has 0 aliphatic heterocycles. The number of phenolic OH excluding ortho intramolecular Hbond substituents is 1. The third-order valence-corrected chi connectivity index (χ3v) is 3.67. The first-order valence-electron chi connectivity index (χ1n) is 8.37. The SMILES string of the molecule is CC(C)COc1ccc(C(=O)N[C@@H](Cc2ccc(O)cc2)C(=O)[O-])cc1. The Labute approximate surface area is 152 Å². The van der Waals surface area contributed by atoms with E-state index in [0.717, 1.165) is 0 Å². The zero-order valence-corrected chi connectivity index (χ0v) is 14.8. The Balaban J connectivity index is 2.00. The number of carboxylic acids is 1.